The van der Waals surface area contributed by atoms with Gasteiger partial charge in [0, 0.05) is 43.2 Å². The molecule has 11 heteroatoms. The number of hydrogen-bond donors (Lipinski definition) is 6. The van der Waals surface area contributed by atoms with E-state index in [0.29, 0.717) is 30.0 Å². The molecular weight excluding hydrogens is 580 g/mol. The Labute approximate surface area is 261 Å². The molecule has 3 aliphatic carbocycles. The Kier molecular flexibility index (Phi) is 9.33. The zero-order valence-corrected chi connectivity index (χ0v) is 25.5. The van der Waals surface area contributed by atoms with Gasteiger partial charge in [0.1, 0.15) is 28.6 Å². The largest absolute Gasteiger partial charge is 0.508 e. The van der Waals surface area contributed by atoms with Gasteiger partial charge in [0.2, 0.25) is 5.78 Å². The Morgan fingerprint density at radius 2 is 1.82 bits per heavy atom. The number of aliphatic hydroxyl groups excluding tert-OH is 2. The summed E-state index contributed by atoms with van der Waals surface area (Å²) in [5.74, 6) is -6.03. The van der Waals surface area contributed by atoms with Crippen LogP contribution >= 0.6 is 0 Å². The van der Waals surface area contributed by atoms with Crippen LogP contribution in [0, 0.1) is 11.8 Å². The average Bonchev–Trinajstić information content (AvgIpc) is 3.00. The molecule has 0 spiro atoms. The van der Waals surface area contributed by atoms with Crippen LogP contribution in [0.1, 0.15) is 55.7 Å². The molecule has 0 aliphatic heterocycles. The molecule has 11 nitrogen and oxygen atoms in total. The van der Waals surface area contributed by atoms with Gasteiger partial charge in [-0.25, -0.2) is 0 Å². The first-order chi connectivity index (χ1) is 21.5. The molecule has 2 aromatic carbocycles. The number of Topliss-reactive ketones (excluding diaryl/α,β-unsaturated/α-hetero) is 2. The van der Waals surface area contributed by atoms with Crippen molar-refractivity contribution in [2.24, 2.45) is 17.6 Å². The topological polar surface area (TPSA) is 189 Å². The summed E-state index contributed by atoms with van der Waals surface area (Å²) in [6.07, 6.45) is 2.91. The van der Waals surface area contributed by atoms with Crippen molar-refractivity contribution in [2.75, 3.05) is 26.9 Å². The van der Waals surface area contributed by atoms with Crippen LogP contribution in [0.5, 0.6) is 11.5 Å². The minimum Gasteiger partial charge on any atom is -0.508 e. The summed E-state index contributed by atoms with van der Waals surface area (Å²) in [6, 6.07) is 8.93. The number of phenolic OH excluding ortho intramolecular Hbond substituents is 1. The lowest BCUT2D eigenvalue weighted by Gasteiger charge is -2.46. The van der Waals surface area contributed by atoms with Crippen LogP contribution in [0.25, 0.3) is 16.9 Å². The molecule has 0 aromatic heterocycles. The zero-order valence-electron chi connectivity index (χ0n) is 25.5. The van der Waals surface area contributed by atoms with Gasteiger partial charge in [-0.15, -0.1) is 0 Å². The van der Waals surface area contributed by atoms with E-state index < -0.39 is 52.0 Å². The molecule has 2 aromatic rings. The first-order valence-electron chi connectivity index (χ1n) is 15.3. The average molecular weight is 621 g/mol. The number of nitrogens with one attached hydrogen (secondary N) is 1. The fourth-order valence-corrected chi connectivity index (χ4v) is 6.83. The number of phenols is 1. The van der Waals surface area contributed by atoms with Gasteiger partial charge in [-0.1, -0.05) is 25.5 Å². The smallest absolute Gasteiger partial charge is 0.255 e. The van der Waals surface area contributed by atoms with E-state index >= 15 is 0 Å². The number of carbonyl (C=O) groups excluding carboxylic acids is 3. The summed E-state index contributed by atoms with van der Waals surface area (Å²) in [5, 5.41) is 48.1. The molecule has 1 fully saturated rings. The molecule has 0 saturated heterocycles. The first kappa shape index (κ1) is 32.2. The Hall–Kier alpha value is -4.19. The maximum atomic E-state index is 13.8. The number of nitrogens with two attached hydrogens (primary N) is 1. The fraction of sp³-hybridized carbons (Fsp3) is 0.441. The number of ketones is 2. The second-order valence-electron chi connectivity index (χ2n) is 11.9. The van der Waals surface area contributed by atoms with Gasteiger partial charge >= 0.3 is 0 Å². The zero-order chi connectivity index (χ0) is 32.5. The highest BCUT2D eigenvalue weighted by atomic mass is 16.5. The maximum Gasteiger partial charge on any atom is 0.255 e. The third kappa shape index (κ3) is 5.71. The van der Waals surface area contributed by atoms with Crippen LogP contribution in [-0.2, 0) is 32.1 Å². The van der Waals surface area contributed by atoms with E-state index in [9.17, 15) is 34.8 Å². The lowest BCUT2D eigenvalue weighted by molar-refractivity contribution is -0.147. The maximum absolute atomic E-state index is 13.8. The number of ether oxygens (including phenoxy) is 2. The van der Waals surface area contributed by atoms with E-state index in [2.05, 4.69) is 12.2 Å². The number of carbonyl (C=O) groups is 3. The van der Waals surface area contributed by atoms with Crippen molar-refractivity contribution in [3.05, 3.63) is 63.9 Å². The Balaban J connectivity index is 1.48. The van der Waals surface area contributed by atoms with Crippen molar-refractivity contribution in [1.82, 2.24) is 5.32 Å². The summed E-state index contributed by atoms with van der Waals surface area (Å²) in [4.78, 5) is 38.3. The molecule has 45 heavy (non-hydrogen) atoms. The minimum atomic E-state index is -2.60. The molecule has 0 heterocycles. The quantitative estimate of drug-likeness (QED) is 0.152. The molecule has 0 radical (unpaired) electrons. The lowest BCUT2D eigenvalue weighted by Crippen LogP contribution is -2.58. The number of primary amides is 1. The highest BCUT2D eigenvalue weighted by molar-refractivity contribution is 6.22. The number of benzene rings is 2. The lowest BCUT2D eigenvalue weighted by atomic mass is 9.59. The molecule has 0 bridgehead atoms. The number of unbranched alkanes of at least 4 members (excludes halogenated alkanes) is 1. The Bertz CT molecular complexity index is 1590. The monoisotopic (exact) mass is 620 g/mol. The molecule has 5 rings (SSSR count). The second kappa shape index (κ2) is 13.0. The van der Waals surface area contributed by atoms with Gasteiger partial charge < -0.3 is 41.0 Å². The molecule has 7 N–H and O–H groups in total. The van der Waals surface area contributed by atoms with Gasteiger partial charge in [0.25, 0.3) is 5.91 Å². The van der Waals surface area contributed by atoms with Gasteiger partial charge in [-0.05, 0) is 73.0 Å². The predicted octanol–water partition coefficient (Wildman–Crippen LogP) is 3.40. The van der Waals surface area contributed by atoms with Gasteiger partial charge in [0.05, 0.1) is 12.7 Å². The number of aromatic hydroxyl groups is 1. The van der Waals surface area contributed by atoms with Gasteiger partial charge in [0.15, 0.2) is 11.4 Å². The number of aliphatic hydroxyl groups is 3. The van der Waals surface area contributed by atoms with E-state index in [1.807, 2.05) is 18.2 Å². The van der Waals surface area contributed by atoms with Crippen molar-refractivity contribution in [3.8, 4) is 22.6 Å². The van der Waals surface area contributed by atoms with Crippen LogP contribution < -0.4 is 15.8 Å². The molecule has 3 atom stereocenters. The van der Waals surface area contributed by atoms with Crippen molar-refractivity contribution in [2.45, 2.75) is 57.6 Å². The molecular formula is C34H40N2O9. The number of amides is 1. The molecule has 240 valence electrons. The van der Waals surface area contributed by atoms with E-state index in [0.717, 1.165) is 43.5 Å². The van der Waals surface area contributed by atoms with Crippen LogP contribution in [0.2, 0.25) is 0 Å². The van der Waals surface area contributed by atoms with E-state index in [1.54, 1.807) is 13.2 Å². The highest BCUT2D eigenvalue weighted by Crippen LogP contribution is 2.53. The van der Waals surface area contributed by atoms with Crippen LogP contribution in [0.4, 0.5) is 0 Å². The Morgan fingerprint density at radius 3 is 2.53 bits per heavy atom. The summed E-state index contributed by atoms with van der Waals surface area (Å²) in [5.41, 5.74) is 4.68. The number of fused-ring (bicyclic) bond motifs is 3. The molecule has 3 aliphatic rings. The normalized spacial score (nSPS) is 22.6. The number of hydrogen-bond acceptors (Lipinski definition) is 10. The minimum absolute atomic E-state index is 0.0354. The SMILES string of the molecule is CCCCOCCCNCc1ccc(OC)c(-c2ccc(O)c3c2CC2C[C@H]4CC(=O)C(C(N)=O)=C(O)[C@@]4(O)C(=O)C2=C3O)c1. The summed E-state index contributed by atoms with van der Waals surface area (Å²) in [6.45, 7) is 4.96. The summed E-state index contributed by atoms with van der Waals surface area (Å²) >= 11 is 0. The van der Waals surface area contributed by atoms with Crippen LogP contribution in [0.3, 0.4) is 0 Å². The van der Waals surface area contributed by atoms with Crippen LogP contribution in [-0.4, -0.2) is 70.4 Å². The predicted molar refractivity (Wildman–Crippen MR) is 165 cm³/mol. The molecule has 1 saturated carbocycles. The van der Waals surface area contributed by atoms with Gasteiger partial charge in [-0.3, -0.25) is 14.4 Å². The molecule has 1 amide bonds. The molecule has 1 unspecified atom stereocenters. The van der Waals surface area contributed by atoms with Crippen molar-refractivity contribution in [3.63, 3.8) is 0 Å². The Morgan fingerprint density at radius 1 is 1.07 bits per heavy atom. The van der Waals surface area contributed by atoms with E-state index in [-0.39, 0.29) is 36.1 Å². The number of rotatable bonds is 12. The van der Waals surface area contributed by atoms with Crippen molar-refractivity contribution < 1.29 is 44.3 Å². The van der Waals surface area contributed by atoms with Crippen LogP contribution in [0.15, 0.2) is 47.2 Å². The highest BCUT2D eigenvalue weighted by Gasteiger charge is 2.60. The standard InChI is InChI=1S/C34H40N2O9/c1-3-4-11-45-12-5-10-36-17-18-6-9-26(44-2)22(13-18)21-7-8-24(37)28-23(21)15-19-14-20-16-25(38)29(33(35)42)32(41)34(20,43)31(40)27(19)30(28)39/h6-9,13,19-20,36-37,39,41,43H,3-5,10-12,14-17H2,1-2H3,(H2,35,42)/t19?,20-,34-/m0/s1. The third-order valence-electron chi connectivity index (χ3n) is 9.11. The third-order valence-corrected chi connectivity index (χ3v) is 9.11. The van der Waals surface area contributed by atoms with Crippen molar-refractivity contribution in [1.29, 1.82) is 0 Å². The summed E-state index contributed by atoms with van der Waals surface area (Å²) in [7, 11) is 1.55. The number of methoxy groups -OCH3 is 1. The van der Waals surface area contributed by atoms with E-state index in [1.165, 1.54) is 6.07 Å². The van der Waals surface area contributed by atoms with E-state index in [4.69, 9.17) is 15.2 Å². The summed E-state index contributed by atoms with van der Waals surface area (Å²) < 4.78 is 11.3. The fourth-order valence-electron chi connectivity index (χ4n) is 6.83. The second-order valence-corrected chi connectivity index (χ2v) is 11.9. The first-order valence-corrected chi connectivity index (χ1v) is 15.3. The van der Waals surface area contributed by atoms with Crippen molar-refractivity contribution >= 4 is 23.2 Å². The van der Waals surface area contributed by atoms with Gasteiger partial charge in [-0.2, -0.15) is 0 Å².